The highest BCUT2D eigenvalue weighted by molar-refractivity contribution is 5.98. The maximum Gasteiger partial charge on any atom is 0.307 e. The van der Waals surface area contributed by atoms with Crippen LogP contribution in [0.2, 0.25) is 0 Å². The molecule has 1 aromatic rings. The lowest BCUT2D eigenvalue weighted by atomic mass is 10.1. The summed E-state index contributed by atoms with van der Waals surface area (Å²) < 4.78 is 5.25. The molecule has 1 amide bonds. The fourth-order valence-corrected chi connectivity index (χ4v) is 2.34. The molecule has 2 atom stereocenters. The van der Waals surface area contributed by atoms with Crippen LogP contribution in [0.4, 0.5) is 5.69 Å². The third kappa shape index (κ3) is 2.70. The minimum atomic E-state index is -0.901. The van der Waals surface area contributed by atoms with Crippen molar-refractivity contribution >= 4 is 17.6 Å². The molecular formula is C14H17NO4. The number of hydrogen-bond acceptors (Lipinski definition) is 3. The van der Waals surface area contributed by atoms with Crippen LogP contribution in [0, 0.1) is 25.7 Å². The minimum Gasteiger partial charge on any atom is -0.496 e. The van der Waals surface area contributed by atoms with Crippen LogP contribution in [-0.4, -0.2) is 24.1 Å². The zero-order valence-corrected chi connectivity index (χ0v) is 11.2. The van der Waals surface area contributed by atoms with Gasteiger partial charge in [0.05, 0.1) is 18.9 Å². The maximum absolute atomic E-state index is 11.9. The SMILES string of the molecule is COc1c(C)cc(NC(=O)C2CC2C(=O)O)cc1C. The topological polar surface area (TPSA) is 75.6 Å². The number of aliphatic carboxylic acids is 1. The first-order chi connectivity index (χ1) is 8.93. The molecule has 102 valence electrons. The minimum absolute atomic E-state index is 0.226. The molecule has 2 unspecified atom stereocenters. The van der Waals surface area contributed by atoms with Crippen molar-refractivity contribution < 1.29 is 19.4 Å². The van der Waals surface area contributed by atoms with E-state index in [1.807, 2.05) is 26.0 Å². The van der Waals surface area contributed by atoms with E-state index in [0.717, 1.165) is 16.9 Å². The Morgan fingerprint density at radius 1 is 1.26 bits per heavy atom. The second-order valence-corrected chi connectivity index (χ2v) is 4.92. The van der Waals surface area contributed by atoms with Crippen molar-refractivity contribution in [1.29, 1.82) is 0 Å². The number of carboxylic acids is 1. The second kappa shape index (κ2) is 4.91. The lowest BCUT2D eigenvalue weighted by molar-refractivity contribution is -0.139. The molecule has 1 aliphatic carbocycles. The first-order valence-electron chi connectivity index (χ1n) is 6.13. The number of aryl methyl sites for hydroxylation is 2. The number of anilines is 1. The van der Waals surface area contributed by atoms with Gasteiger partial charge in [-0.2, -0.15) is 0 Å². The molecule has 0 aliphatic heterocycles. The Morgan fingerprint density at radius 3 is 2.26 bits per heavy atom. The molecule has 0 radical (unpaired) electrons. The molecule has 0 saturated heterocycles. The normalized spacial score (nSPS) is 20.8. The summed E-state index contributed by atoms with van der Waals surface area (Å²) in [5.74, 6) is -1.26. The summed E-state index contributed by atoms with van der Waals surface area (Å²) in [4.78, 5) is 22.6. The van der Waals surface area contributed by atoms with E-state index in [1.54, 1.807) is 7.11 Å². The average molecular weight is 263 g/mol. The van der Waals surface area contributed by atoms with Crippen LogP contribution in [0.25, 0.3) is 0 Å². The number of carboxylic acid groups (broad SMARTS) is 1. The molecule has 2 rings (SSSR count). The van der Waals surface area contributed by atoms with E-state index in [0.29, 0.717) is 12.1 Å². The van der Waals surface area contributed by atoms with Crippen molar-refractivity contribution in [2.75, 3.05) is 12.4 Å². The Balaban J connectivity index is 2.08. The molecule has 1 aliphatic rings. The first-order valence-corrected chi connectivity index (χ1v) is 6.13. The number of nitrogens with one attached hydrogen (secondary N) is 1. The molecule has 1 saturated carbocycles. The largest absolute Gasteiger partial charge is 0.496 e. The number of carbonyl (C=O) groups excluding carboxylic acids is 1. The van der Waals surface area contributed by atoms with Gasteiger partial charge in [-0.25, -0.2) is 0 Å². The van der Waals surface area contributed by atoms with Crippen LogP contribution in [-0.2, 0) is 9.59 Å². The third-order valence-corrected chi connectivity index (χ3v) is 3.38. The number of carbonyl (C=O) groups is 2. The van der Waals surface area contributed by atoms with E-state index in [9.17, 15) is 9.59 Å². The van der Waals surface area contributed by atoms with Crippen molar-refractivity contribution in [3.05, 3.63) is 23.3 Å². The van der Waals surface area contributed by atoms with Gasteiger partial charge in [-0.15, -0.1) is 0 Å². The monoisotopic (exact) mass is 263 g/mol. The van der Waals surface area contributed by atoms with E-state index in [2.05, 4.69) is 5.32 Å². The number of ether oxygens (including phenoxy) is 1. The predicted molar refractivity (Wildman–Crippen MR) is 70.3 cm³/mol. The summed E-state index contributed by atoms with van der Waals surface area (Å²) in [5, 5.41) is 11.6. The Labute approximate surface area is 111 Å². The van der Waals surface area contributed by atoms with Crippen molar-refractivity contribution in [1.82, 2.24) is 0 Å². The van der Waals surface area contributed by atoms with Gasteiger partial charge >= 0.3 is 5.97 Å². The number of rotatable bonds is 4. The van der Waals surface area contributed by atoms with Gasteiger partial charge in [0.25, 0.3) is 0 Å². The number of methoxy groups -OCH3 is 1. The molecule has 5 heteroatoms. The summed E-state index contributed by atoms with van der Waals surface area (Å²) >= 11 is 0. The predicted octanol–water partition coefficient (Wildman–Crippen LogP) is 1.97. The van der Waals surface area contributed by atoms with Gasteiger partial charge in [0.1, 0.15) is 5.75 Å². The summed E-state index contributed by atoms with van der Waals surface area (Å²) in [6.45, 7) is 3.80. The molecule has 0 heterocycles. The zero-order valence-electron chi connectivity index (χ0n) is 11.2. The van der Waals surface area contributed by atoms with Crippen LogP contribution in [0.5, 0.6) is 5.75 Å². The van der Waals surface area contributed by atoms with Crippen molar-refractivity contribution in [2.24, 2.45) is 11.8 Å². The van der Waals surface area contributed by atoms with E-state index >= 15 is 0 Å². The van der Waals surface area contributed by atoms with E-state index in [4.69, 9.17) is 9.84 Å². The van der Waals surface area contributed by atoms with E-state index < -0.39 is 17.8 Å². The summed E-state index contributed by atoms with van der Waals surface area (Å²) in [7, 11) is 1.61. The molecule has 1 aromatic carbocycles. The van der Waals surface area contributed by atoms with Crippen LogP contribution in [0.3, 0.4) is 0 Å². The average Bonchev–Trinajstić information content (AvgIpc) is 3.08. The molecule has 2 N–H and O–H groups in total. The maximum atomic E-state index is 11.9. The van der Waals surface area contributed by atoms with Gasteiger partial charge in [-0.1, -0.05) is 0 Å². The Kier molecular flexibility index (Phi) is 3.46. The number of benzene rings is 1. The van der Waals surface area contributed by atoms with Gasteiger partial charge in [-0.05, 0) is 43.5 Å². The molecular weight excluding hydrogens is 246 g/mol. The Morgan fingerprint density at radius 2 is 1.84 bits per heavy atom. The van der Waals surface area contributed by atoms with E-state index in [-0.39, 0.29) is 5.91 Å². The van der Waals surface area contributed by atoms with Gasteiger partial charge in [0.2, 0.25) is 5.91 Å². The molecule has 0 aromatic heterocycles. The van der Waals surface area contributed by atoms with Crippen LogP contribution < -0.4 is 10.1 Å². The lowest BCUT2D eigenvalue weighted by Gasteiger charge is -2.12. The molecule has 0 bridgehead atoms. The molecule has 19 heavy (non-hydrogen) atoms. The highest BCUT2D eigenvalue weighted by Gasteiger charge is 2.48. The van der Waals surface area contributed by atoms with Crippen LogP contribution in [0.15, 0.2) is 12.1 Å². The quantitative estimate of drug-likeness (QED) is 0.870. The highest BCUT2D eigenvalue weighted by atomic mass is 16.5. The first kappa shape index (κ1) is 13.4. The van der Waals surface area contributed by atoms with Crippen LogP contribution >= 0.6 is 0 Å². The summed E-state index contributed by atoms with van der Waals surface area (Å²) in [6.07, 6.45) is 0.426. The lowest BCUT2D eigenvalue weighted by Crippen LogP contribution is -2.17. The van der Waals surface area contributed by atoms with Gasteiger partial charge in [0, 0.05) is 5.69 Å². The fourth-order valence-electron chi connectivity index (χ4n) is 2.34. The smallest absolute Gasteiger partial charge is 0.307 e. The van der Waals surface area contributed by atoms with Crippen molar-refractivity contribution in [3.8, 4) is 5.75 Å². The fraction of sp³-hybridized carbons (Fsp3) is 0.429. The zero-order chi connectivity index (χ0) is 14.2. The molecule has 0 spiro atoms. The summed E-state index contributed by atoms with van der Waals surface area (Å²) in [6, 6.07) is 3.64. The number of amides is 1. The van der Waals surface area contributed by atoms with Crippen LogP contribution in [0.1, 0.15) is 17.5 Å². The second-order valence-electron chi connectivity index (χ2n) is 4.92. The van der Waals surface area contributed by atoms with Crippen molar-refractivity contribution in [3.63, 3.8) is 0 Å². The van der Waals surface area contributed by atoms with Gasteiger partial charge < -0.3 is 15.2 Å². The standard InChI is InChI=1S/C14H17NO4/c1-7-4-9(5-8(2)12(7)19-3)15-13(16)10-6-11(10)14(17)18/h4-5,10-11H,6H2,1-3H3,(H,15,16)(H,17,18). The van der Waals surface area contributed by atoms with Crippen molar-refractivity contribution in [2.45, 2.75) is 20.3 Å². The summed E-state index contributed by atoms with van der Waals surface area (Å²) in [5.41, 5.74) is 2.55. The molecule has 1 fully saturated rings. The van der Waals surface area contributed by atoms with Gasteiger partial charge in [0.15, 0.2) is 0 Å². The van der Waals surface area contributed by atoms with E-state index in [1.165, 1.54) is 0 Å². The highest BCUT2D eigenvalue weighted by Crippen LogP contribution is 2.39. The molecule has 5 nitrogen and oxygen atoms in total. The Hall–Kier alpha value is -2.04. The third-order valence-electron chi connectivity index (χ3n) is 3.38. The van der Waals surface area contributed by atoms with Gasteiger partial charge in [-0.3, -0.25) is 9.59 Å². The Bertz CT molecular complexity index is 515. The number of hydrogen-bond donors (Lipinski definition) is 2.